The molecule has 21 heavy (non-hydrogen) atoms. The molecular weight excluding hydrogens is 292 g/mol. The van der Waals surface area contributed by atoms with E-state index in [9.17, 15) is 8.78 Å². The van der Waals surface area contributed by atoms with Gasteiger partial charge in [0.25, 0.3) is 0 Å². The minimum absolute atomic E-state index is 0.347. The van der Waals surface area contributed by atoms with E-state index in [0.717, 1.165) is 22.8 Å². The molecular formula is C17H18ClF2N. The summed E-state index contributed by atoms with van der Waals surface area (Å²) < 4.78 is 27.6. The highest BCUT2D eigenvalue weighted by molar-refractivity contribution is 6.31. The highest BCUT2D eigenvalue weighted by atomic mass is 35.5. The van der Waals surface area contributed by atoms with Gasteiger partial charge in [0.15, 0.2) is 0 Å². The molecule has 1 N–H and O–H groups in total. The third-order valence-corrected chi connectivity index (χ3v) is 4.14. The van der Waals surface area contributed by atoms with Crippen molar-refractivity contribution in [2.45, 2.75) is 26.8 Å². The summed E-state index contributed by atoms with van der Waals surface area (Å²) in [6.45, 7) is 5.47. The standard InChI is InChI=1S/C17H18ClF2N/c1-9-7-14(18)10(2)5-12(9)17(21-4)13-6-11(3)15(19)8-16(13)20/h5-8,17,21H,1-4H3. The van der Waals surface area contributed by atoms with Crippen LogP contribution in [0.15, 0.2) is 24.3 Å². The summed E-state index contributed by atoms with van der Waals surface area (Å²) in [6, 6.07) is 5.95. The molecule has 0 aromatic heterocycles. The van der Waals surface area contributed by atoms with Gasteiger partial charge in [-0.2, -0.15) is 0 Å². The van der Waals surface area contributed by atoms with E-state index in [4.69, 9.17) is 11.6 Å². The second-order valence-corrected chi connectivity index (χ2v) is 5.71. The lowest BCUT2D eigenvalue weighted by Crippen LogP contribution is -2.20. The second-order valence-electron chi connectivity index (χ2n) is 5.30. The van der Waals surface area contributed by atoms with Crippen LogP contribution in [0.4, 0.5) is 8.78 Å². The van der Waals surface area contributed by atoms with Crippen molar-refractivity contribution in [3.8, 4) is 0 Å². The maximum Gasteiger partial charge on any atom is 0.131 e. The first-order valence-electron chi connectivity index (χ1n) is 6.74. The minimum atomic E-state index is -0.551. The Morgan fingerprint density at radius 1 is 0.857 bits per heavy atom. The summed E-state index contributed by atoms with van der Waals surface area (Å²) in [7, 11) is 1.76. The molecule has 1 nitrogen and oxygen atoms in total. The van der Waals surface area contributed by atoms with E-state index in [-0.39, 0.29) is 6.04 Å². The molecule has 0 fully saturated rings. The molecule has 0 aliphatic heterocycles. The number of benzene rings is 2. The van der Waals surface area contributed by atoms with Gasteiger partial charge in [0, 0.05) is 16.7 Å². The van der Waals surface area contributed by atoms with Crippen LogP contribution in [0.1, 0.15) is 33.9 Å². The van der Waals surface area contributed by atoms with Crippen LogP contribution in [0.2, 0.25) is 5.02 Å². The molecule has 0 saturated carbocycles. The molecule has 0 spiro atoms. The fraction of sp³-hybridized carbons (Fsp3) is 0.294. The minimum Gasteiger partial charge on any atom is -0.309 e. The SMILES string of the molecule is CNC(c1cc(C)c(Cl)cc1C)c1cc(C)c(F)cc1F. The Kier molecular flexibility index (Phi) is 4.64. The number of hydrogen-bond acceptors (Lipinski definition) is 1. The second kappa shape index (κ2) is 6.12. The van der Waals surface area contributed by atoms with Crippen molar-refractivity contribution in [2.75, 3.05) is 7.05 Å². The molecule has 2 aromatic rings. The number of halogens is 3. The Morgan fingerprint density at radius 2 is 1.48 bits per heavy atom. The van der Waals surface area contributed by atoms with E-state index in [1.54, 1.807) is 20.0 Å². The lowest BCUT2D eigenvalue weighted by atomic mass is 9.92. The van der Waals surface area contributed by atoms with E-state index < -0.39 is 11.6 Å². The molecule has 0 aliphatic rings. The van der Waals surface area contributed by atoms with E-state index in [2.05, 4.69) is 5.32 Å². The molecule has 2 rings (SSSR count). The first-order valence-corrected chi connectivity index (χ1v) is 7.12. The van der Waals surface area contributed by atoms with Crippen LogP contribution in [0.3, 0.4) is 0 Å². The van der Waals surface area contributed by atoms with Gasteiger partial charge >= 0.3 is 0 Å². The third kappa shape index (κ3) is 3.09. The van der Waals surface area contributed by atoms with Gasteiger partial charge in [0.2, 0.25) is 0 Å². The van der Waals surface area contributed by atoms with Crippen LogP contribution in [0.25, 0.3) is 0 Å². The van der Waals surface area contributed by atoms with E-state index in [1.807, 2.05) is 26.0 Å². The van der Waals surface area contributed by atoms with Crippen LogP contribution < -0.4 is 5.32 Å². The Bertz CT molecular complexity index is 625. The van der Waals surface area contributed by atoms with Gasteiger partial charge in [-0.15, -0.1) is 0 Å². The van der Waals surface area contributed by atoms with Crippen molar-refractivity contribution in [2.24, 2.45) is 0 Å². The first-order chi connectivity index (χ1) is 9.85. The number of hydrogen-bond donors (Lipinski definition) is 1. The Morgan fingerprint density at radius 3 is 2.10 bits per heavy atom. The zero-order valence-electron chi connectivity index (χ0n) is 12.5. The van der Waals surface area contributed by atoms with Crippen LogP contribution in [-0.4, -0.2) is 7.05 Å². The highest BCUT2D eigenvalue weighted by Gasteiger charge is 2.20. The van der Waals surface area contributed by atoms with Gasteiger partial charge in [-0.1, -0.05) is 17.7 Å². The predicted molar refractivity (Wildman–Crippen MR) is 82.9 cm³/mol. The molecule has 112 valence electrons. The third-order valence-electron chi connectivity index (χ3n) is 3.74. The smallest absolute Gasteiger partial charge is 0.131 e. The number of aryl methyl sites for hydroxylation is 3. The van der Waals surface area contributed by atoms with Gasteiger partial charge in [0.1, 0.15) is 11.6 Å². The first kappa shape index (κ1) is 15.9. The molecule has 1 unspecified atom stereocenters. The molecule has 1 atom stereocenters. The predicted octanol–water partition coefficient (Wildman–Crippen LogP) is 4.85. The van der Waals surface area contributed by atoms with Crippen molar-refractivity contribution in [3.63, 3.8) is 0 Å². The molecule has 2 aromatic carbocycles. The molecule has 0 aliphatic carbocycles. The highest BCUT2D eigenvalue weighted by Crippen LogP contribution is 2.31. The van der Waals surface area contributed by atoms with Crippen molar-refractivity contribution in [3.05, 3.63) is 68.7 Å². The quantitative estimate of drug-likeness (QED) is 0.854. The summed E-state index contributed by atoms with van der Waals surface area (Å²) in [4.78, 5) is 0. The van der Waals surface area contributed by atoms with Crippen molar-refractivity contribution in [1.82, 2.24) is 5.32 Å². The molecule has 0 saturated heterocycles. The van der Waals surface area contributed by atoms with Crippen LogP contribution in [0, 0.1) is 32.4 Å². The Balaban J connectivity index is 2.60. The fourth-order valence-electron chi connectivity index (χ4n) is 2.49. The average molecular weight is 310 g/mol. The molecule has 0 radical (unpaired) electrons. The molecule has 0 bridgehead atoms. The summed E-state index contributed by atoms with van der Waals surface area (Å²) in [5, 5.41) is 3.79. The van der Waals surface area contributed by atoms with Crippen molar-refractivity contribution >= 4 is 11.6 Å². The topological polar surface area (TPSA) is 12.0 Å². The van der Waals surface area contributed by atoms with E-state index in [0.29, 0.717) is 16.1 Å². The molecule has 4 heteroatoms. The van der Waals surface area contributed by atoms with Gasteiger partial charge in [0.05, 0.1) is 6.04 Å². The lowest BCUT2D eigenvalue weighted by molar-refractivity contribution is 0.547. The van der Waals surface area contributed by atoms with Crippen LogP contribution >= 0.6 is 11.6 Å². The van der Waals surface area contributed by atoms with Crippen LogP contribution in [-0.2, 0) is 0 Å². The number of rotatable bonds is 3. The summed E-state index contributed by atoms with van der Waals surface area (Å²) in [5.74, 6) is -1.08. The zero-order valence-corrected chi connectivity index (χ0v) is 13.3. The lowest BCUT2D eigenvalue weighted by Gasteiger charge is -2.21. The van der Waals surface area contributed by atoms with Gasteiger partial charge < -0.3 is 5.32 Å². The van der Waals surface area contributed by atoms with Gasteiger partial charge in [-0.25, -0.2) is 8.78 Å². The summed E-state index contributed by atoms with van der Waals surface area (Å²) in [5.41, 5.74) is 3.68. The van der Waals surface area contributed by atoms with Crippen molar-refractivity contribution < 1.29 is 8.78 Å². The maximum atomic E-state index is 14.2. The monoisotopic (exact) mass is 309 g/mol. The summed E-state index contributed by atoms with van der Waals surface area (Å²) in [6.07, 6.45) is 0. The van der Waals surface area contributed by atoms with Crippen molar-refractivity contribution in [1.29, 1.82) is 0 Å². The fourth-order valence-corrected chi connectivity index (χ4v) is 2.71. The molecule has 0 amide bonds. The van der Waals surface area contributed by atoms with E-state index >= 15 is 0 Å². The largest absolute Gasteiger partial charge is 0.309 e. The van der Waals surface area contributed by atoms with Gasteiger partial charge in [-0.3, -0.25) is 0 Å². The Labute approximate surface area is 128 Å². The maximum absolute atomic E-state index is 14.2. The van der Waals surface area contributed by atoms with Gasteiger partial charge in [-0.05, 0) is 62.2 Å². The average Bonchev–Trinajstić information content (AvgIpc) is 2.42. The number of nitrogens with one attached hydrogen (secondary N) is 1. The van der Waals surface area contributed by atoms with E-state index in [1.165, 1.54) is 0 Å². The Hall–Kier alpha value is -1.45. The summed E-state index contributed by atoms with van der Waals surface area (Å²) >= 11 is 6.11. The normalized spacial score (nSPS) is 12.5. The molecule has 0 heterocycles. The zero-order chi connectivity index (χ0) is 15.7. The van der Waals surface area contributed by atoms with Crippen LogP contribution in [0.5, 0.6) is 0 Å².